The van der Waals surface area contributed by atoms with Crippen LogP contribution in [0, 0.1) is 80.8 Å². The van der Waals surface area contributed by atoms with E-state index >= 15 is 0 Å². The lowest BCUT2D eigenvalue weighted by atomic mass is 9.83. The third-order valence-electron chi connectivity index (χ3n) is 25.1. The van der Waals surface area contributed by atoms with Crippen LogP contribution in [-0.2, 0) is 96.9 Å². The van der Waals surface area contributed by atoms with Crippen molar-refractivity contribution in [2.24, 2.45) is 91.7 Å². The van der Waals surface area contributed by atoms with E-state index in [4.69, 9.17) is 0 Å². The summed E-state index contributed by atoms with van der Waals surface area (Å²) in [6.45, 7) is 27.2. The number of nitrogens with one attached hydrogen (secondary N) is 2. The number of anilines is 2. The van der Waals surface area contributed by atoms with Crippen LogP contribution in [0.2, 0.25) is 0 Å². The molecular weight excluding hydrogens is 1970 g/mol. The van der Waals surface area contributed by atoms with Crippen LogP contribution in [0.1, 0.15) is 144 Å². The Morgan fingerprint density at radius 3 is 0.699 bits per heavy atom. The van der Waals surface area contributed by atoms with Crippen LogP contribution in [0.5, 0.6) is 0 Å². The molecule has 7 aliphatic rings. The lowest BCUT2D eigenvalue weighted by molar-refractivity contribution is 0.203. The lowest BCUT2D eigenvalue weighted by Gasteiger charge is -2.34. The highest BCUT2D eigenvalue weighted by molar-refractivity contribution is 7.90. The minimum absolute atomic E-state index is 0.000875. The number of benzene rings is 8. The fraction of sp³-hybridized carbons (Fsp3) is 0.500. The summed E-state index contributed by atoms with van der Waals surface area (Å²) < 4.78 is 239. The van der Waals surface area contributed by atoms with Crippen LogP contribution in [0.15, 0.2) is 159 Å². The lowest BCUT2D eigenvalue weighted by Crippen LogP contribution is -2.42. The third-order valence-corrected chi connectivity index (χ3v) is 37.3. The van der Waals surface area contributed by atoms with Crippen molar-refractivity contribution in [2.45, 2.75) is 151 Å². The van der Waals surface area contributed by atoms with E-state index < -0.39 is 91.4 Å². The Morgan fingerprint density at radius 1 is 0.272 bits per heavy atom. The van der Waals surface area contributed by atoms with Gasteiger partial charge in [0.25, 0.3) is 0 Å². The maximum absolute atomic E-state index is 13.9. The number of fused-ring (bicyclic) bond motifs is 6. The van der Waals surface area contributed by atoms with Crippen LogP contribution >= 0.6 is 31.3 Å². The van der Waals surface area contributed by atoms with Crippen LogP contribution in [-0.4, -0.2) is 205 Å². The summed E-state index contributed by atoms with van der Waals surface area (Å²) >= 11 is 0. The van der Waals surface area contributed by atoms with Gasteiger partial charge >= 0.3 is 31.3 Å². The largest absolute Gasteiger partial charge is 0.545 e. The van der Waals surface area contributed by atoms with Crippen molar-refractivity contribution in [2.75, 3.05) is 89.5 Å². The summed E-state index contributed by atoms with van der Waals surface area (Å²) in [7, 11) is -44.9. The molecule has 10 N–H and O–H groups in total. The minimum Gasteiger partial charge on any atom is -0.301 e. The number of oxime groups is 2. The molecule has 52 heteroatoms. The molecule has 0 unspecified atom stereocenters. The molecule has 0 spiro atoms. The van der Waals surface area contributed by atoms with Crippen molar-refractivity contribution < 1.29 is 126 Å². The maximum Gasteiger partial charge on any atom is 0.545 e. The number of rotatable bonds is 24. The normalized spacial score (nSPS) is 24.5. The van der Waals surface area contributed by atoms with E-state index in [2.05, 4.69) is 50.1 Å². The first-order valence-corrected chi connectivity index (χ1v) is 58.6. The van der Waals surface area contributed by atoms with Crippen molar-refractivity contribution in [3.8, 4) is 0 Å². The van der Waals surface area contributed by atoms with Gasteiger partial charge in [-0.1, -0.05) is 130 Å². The van der Waals surface area contributed by atoms with Gasteiger partial charge in [-0.3, -0.25) is 39.8 Å². The Balaban J connectivity index is 0.000000173. The molecule has 6 saturated heterocycles. The number of nitroso groups, excluding NO2 is 2. The number of piperidine rings is 6. The second kappa shape index (κ2) is 40.5. The third kappa shape index (κ3) is 23.6. The number of nitrogens with zero attached hydrogens (tertiary/aromatic N) is 10. The molecule has 6 aliphatic heterocycles. The Bertz CT molecular complexity index is 6650. The summed E-state index contributed by atoms with van der Waals surface area (Å²) in [6, 6.07) is 23.6. The molecule has 744 valence electrons. The molecule has 0 aromatic heterocycles. The number of hydrogen-bond acceptors (Lipinski definition) is 28. The number of phosphoric acid groups is 4. The first-order chi connectivity index (χ1) is 63.2. The molecule has 0 saturated carbocycles. The predicted octanol–water partition coefficient (Wildman–Crippen LogP) is 13.4. The maximum atomic E-state index is 13.9. The first kappa shape index (κ1) is 106. The van der Waals surface area contributed by atoms with Crippen LogP contribution in [0.4, 0.5) is 22.7 Å². The molecule has 0 bridgehead atoms. The smallest absolute Gasteiger partial charge is 0.301 e. The molecule has 0 amide bonds. The molecule has 15 rings (SSSR count). The van der Waals surface area contributed by atoms with Gasteiger partial charge in [0.15, 0.2) is 0 Å². The van der Waals surface area contributed by atoms with E-state index in [-0.39, 0.29) is 226 Å². The molecular formula is C84H112N12O30P4S6. The van der Waals surface area contributed by atoms with Crippen molar-refractivity contribution in [3.05, 3.63) is 141 Å². The van der Waals surface area contributed by atoms with E-state index in [1.165, 1.54) is 135 Å². The van der Waals surface area contributed by atoms with E-state index in [1.54, 1.807) is 0 Å². The summed E-state index contributed by atoms with van der Waals surface area (Å²) in [5.41, 5.74) is 3.26. The van der Waals surface area contributed by atoms with Gasteiger partial charge in [-0.05, 0) is 193 Å². The number of hydrogen-bond donors (Lipinski definition) is 10. The van der Waals surface area contributed by atoms with Crippen molar-refractivity contribution in [3.63, 3.8) is 0 Å². The Morgan fingerprint density at radius 2 is 0.471 bits per heavy atom. The van der Waals surface area contributed by atoms with Gasteiger partial charge in [0.2, 0.25) is 60.1 Å². The highest BCUT2D eigenvalue weighted by Gasteiger charge is 2.43. The zero-order valence-corrected chi connectivity index (χ0v) is 84.8. The summed E-state index contributed by atoms with van der Waals surface area (Å²) in [5.74, 6) is 1.49. The van der Waals surface area contributed by atoms with Crippen molar-refractivity contribution >= 4 is 169 Å². The fourth-order valence-electron chi connectivity index (χ4n) is 20.2. The van der Waals surface area contributed by atoms with Crippen molar-refractivity contribution in [1.82, 2.24) is 25.8 Å². The summed E-state index contributed by atoms with van der Waals surface area (Å²) in [5, 5.41) is 14.7. The molecule has 42 nitrogen and oxygen atoms in total. The van der Waals surface area contributed by atoms with Gasteiger partial charge in [-0.25, -0.2) is 68.8 Å². The zero-order valence-electron chi connectivity index (χ0n) is 76.3. The second-order valence-electron chi connectivity index (χ2n) is 37.9. The average molecular weight is 2090 g/mol. The Labute approximate surface area is 789 Å². The molecule has 0 radical (unpaired) electrons. The summed E-state index contributed by atoms with van der Waals surface area (Å²) in [4.78, 5) is 99.4. The topological polar surface area (TPSA) is 599 Å². The van der Waals surface area contributed by atoms with Gasteiger partial charge in [-0.2, -0.15) is 35.1 Å². The predicted molar refractivity (Wildman–Crippen MR) is 508 cm³/mol. The summed E-state index contributed by atoms with van der Waals surface area (Å²) in [6.07, 6.45) is 5.23. The highest BCUT2D eigenvalue weighted by Crippen LogP contribution is 2.51. The minimum atomic E-state index is -5.26. The molecule has 6 heterocycles. The van der Waals surface area contributed by atoms with Gasteiger partial charge in [-0.15, -0.1) is 9.81 Å². The van der Waals surface area contributed by atoms with Crippen LogP contribution in [0.3, 0.4) is 0 Å². The molecule has 1 aliphatic carbocycles. The Kier molecular flexibility index (Phi) is 31.5. The van der Waals surface area contributed by atoms with Gasteiger partial charge < -0.3 is 19.6 Å². The zero-order chi connectivity index (χ0) is 99.8. The number of sulfonamides is 6. The molecule has 8 aromatic rings. The standard InChI is InChI=1S/C28H38N4O12P2S2.2C28H37N4O9PS2/c1-17-9-18(2)14-31(13-17)47(39,40)21-5-7-23-25(11-21)28(30-44-46(36,37)38)26-12-22(6-8-24(26)27(23)29-43-45(33,34)35)48(41,42)32-15-19(3)10-20(4)16-32;1-17-9-18(2)14-31(13-17)43(37,38)21-5-7-23-25(11-21)27(29-33)26-12-22(6-8-24(26)28(23)30-41-42(34,35)36)44(39,40)32-15-19(3)10-20(4)16-32;1-17-9-18(2)14-31(13-17)43(37,38)21-5-7-23-25(11-21)28(30-41-42(34,35)36)26-12-22(6-8-24(26)27(23)29-33)44(39,40)32-15-19(3)10-20(4)16-32/h5-8,11-12,17-20H,9-10,13-16H2,1-4H3,(H2,33,34,35)(H2,36,37,38);2*5-8,11-12,17-20,30H,9-10,13-16H2,1-4H3,(H2,34,35,36)/t3*17-,18+,19-,20+. The average Bonchev–Trinajstić information content (AvgIpc) is 0.741. The quantitative estimate of drug-likeness (QED) is 0.0116. The monoisotopic (exact) mass is 2080 g/mol. The molecule has 8 aromatic carbocycles. The van der Waals surface area contributed by atoms with E-state index in [0.717, 1.165) is 38.5 Å². The van der Waals surface area contributed by atoms with Gasteiger partial charge in [0.05, 0.1) is 40.7 Å². The highest BCUT2D eigenvalue weighted by atomic mass is 32.2. The molecule has 6 fully saturated rings. The fourth-order valence-corrected chi connectivity index (χ4v) is 31.2. The second-order valence-corrected chi connectivity index (χ2v) is 54.1. The van der Waals surface area contributed by atoms with E-state index in [0.29, 0.717) is 52.4 Å². The van der Waals surface area contributed by atoms with Crippen molar-refractivity contribution in [1.29, 1.82) is 0 Å². The SMILES string of the molecule is C[C@@H]1C[C@H](C)CN(S(=O)(=O)c2ccc3c(N=O)c4ccc(S(=O)(=O)N5C[C@H](C)C[C@H](C)C5)cc4c(NOP(=O)(O)O)c3c2)C1.C[C@@H]1C[C@H](C)CN(S(=O)(=O)c2ccc3c(NOP(=O)(O)O)c4ccc(S(=O)(=O)N5C[C@H](C)C[C@H](C)C5)cc4c(N=O)c3c2)C1.C[C@@H]1C[C@H](C)CN(S(=O)(=O)c2ccc3c(c2)C(=NOP(=O)(O)O)c2cc(S(=O)(=O)N4C[C@H](C)C[C@H](C)C4)ccc2C3=NOP(=O)(O)O)C1. The van der Waals surface area contributed by atoms with E-state index in [9.17, 15) is 118 Å². The Hall–Kier alpha value is -7.48. The van der Waals surface area contributed by atoms with Crippen LogP contribution < -0.4 is 11.0 Å². The molecule has 12 atom stereocenters. The van der Waals surface area contributed by atoms with Gasteiger partial charge in [0, 0.05) is 144 Å². The van der Waals surface area contributed by atoms with E-state index in [1.807, 2.05) is 83.1 Å². The molecule has 136 heavy (non-hydrogen) atoms. The van der Waals surface area contributed by atoms with Gasteiger partial charge in [0.1, 0.15) is 22.8 Å². The first-order valence-electron chi connectivity index (χ1n) is 43.9. The van der Waals surface area contributed by atoms with Crippen LogP contribution in [0.25, 0.3) is 43.1 Å².